The van der Waals surface area contributed by atoms with Crippen molar-refractivity contribution >= 4 is 5.82 Å². The number of hydrogen-bond acceptors (Lipinski definition) is 6. The molecule has 6 heteroatoms. The zero-order valence-corrected chi connectivity index (χ0v) is 10.9. The molecule has 0 saturated heterocycles. The molecular weight excluding hydrogens is 242 g/mol. The summed E-state index contributed by atoms with van der Waals surface area (Å²) in [5.41, 5.74) is 6.34. The van der Waals surface area contributed by atoms with Crippen LogP contribution in [0.25, 0.3) is 0 Å². The van der Waals surface area contributed by atoms with Gasteiger partial charge < -0.3 is 15.8 Å². The van der Waals surface area contributed by atoms with Gasteiger partial charge in [-0.3, -0.25) is 0 Å². The van der Waals surface area contributed by atoms with E-state index in [-0.39, 0.29) is 0 Å². The van der Waals surface area contributed by atoms with Crippen molar-refractivity contribution in [1.82, 2.24) is 10.2 Å². The molecule has 0 bridgehead atoms. The summed E-state index contributed by atoms with van der Waals surface area (Å²) in [5, 5.41) is 19.6. The second-order valence-electron chi connectivity index (χ2n) is 4.74. The molecule has 0 atom stereocenters. The van der Waals surface area contributed by atoms with E-state index in [2.05, 4.69) is 21.6 Å². The predicted molar refractivity (Wildman–Crippen MR) is 71.4 cm³/mol. The SMILES string of the molecule is N#Cc1ccnnc1NCCOC1CCC(N)CC1. The van der Waals surface area contributed by atoms with Crippen LogP contribution in [0.2, 0.25) is 0 Å². The van der Waals surface area contributed by atoms with Crippen LogP contribution in [-0.2, 0) is 4.74 Å². The first kappa shape index (κ1) is 13.7. The van der Waals surface area contributed by atoms with Gasteiger partial charge in [0.25, 0.3) is 0 Å². The van der Waals surface area contributed by atoms with Crippen LogP contribution in [0.5, 0.6) is 0 Å². The molecule has 0 aliphatic heterocycles. The molecule has 0 unspecified atom stereocenters. The Labute approximate surface area is 113 Å². The van der Waals surface area contributed by atoms with Crippen LogP contribution in [0, 0.1) is 11.3 Å². The number of nitriles is 1. The van der Waals surface area contributed by atoms with Crippen molar-refractivity contribution in [1.29, 1.82) is 5.26 Å². The monoisotopic (exact) mass is 261 g/mol. The largest absolute Gasteiger partial charge is 0.376 e. The van der Waals surface area contributed by atoms with E-state index in [1.165, 1.54) is 6.20 Å². The van der Waals surface area contributed by atoms with E-state index in [1.807, 2.05) is 0 Å². The molecule has 1 aromatic rings. The maximum Gasteiger partial charge on any atom is 0.166 e. The highest BCUT2D eigenvalue weighted by molar-refractivity contribution is 5.49. The minimum atomic E-state index is 0.318. The molecule has 3 N–H and O–H groups in total. The van der Waals surface area contributed by atoms with Gasteiger partial charge in [0.15, 0.2) is 5.82 Å². The van der Waals surface area contributed by atoms with E-state index in [4.69, 9.17) is 15.7 Å². The Morgan fingerprint density at radius 2 is 2.21 bits per heavy atom. The molecule has 102 valence electrons. The van der Waals surface area contributed by atoms with Crippen molar-refractivity contribution in [3.05, 3.63) is 17.8 Å². The van der Waals surface area contributed by atoms with Crippen molar-refractivity contribution in [3.63, 3.8) is 0 Å². The van der Waals surface area contributed by atoms with Crippen LogP contribution in [0.15, 0.2) is 12.3 Å². The zero-order chi connectivity index (χ0) is 13.5. The fraction of sp³-hybridized carbons (Fsp3) is 0.615. The summed E-state index contributed by atoms with van der Waals surface area (Å²) in [7, 11) is 0. The third-order valence-corrected chi connectivity index (χ3v) is 3.31. The van der Waals surface area contributed by atoms with Gasteiger partial charge in [0.05, 0.1) is 24.5 Å². The standard InChI is InChI=1S/C13H19N5O/c14-9-10-5-6-17-18-13(10)16-7-8-19-12-3-1-11(15)2-4-12/h5-6,11-12H,1-4,7-8,15H2,(H,16,18). The smallest absolute Gasteiger partial charge is 0.166 e. The van der Waals surface area contributed by atoms with E-state index in [0.717, 1.165) is 25.7 Å². The number of aromatic nitrogens is 2. The van der Waals surface area contributed by atoms with Crippen molar-refractivity contribution in [2.45, 2.75) is 37.8 Å². The summed E-state index contributed by atoms with van der Waals surface area (Å²) in [6, 6.07) is 4.05. The fourth-order valence-corrected chi connectivity index (χ4v) is 2.20. The first-order chi connectivity index (χ1) is 9.29. The summed E-state index contributed by atoms with van der Waals surface area (Å²) >= 11 is 0. The lowest BCUT2D eigenvalue weighted by Crippen LogP contribution is -2.31. The lowest BCUT2D eigenvalue weighted by molar-refractivity contribution is 0.0313. The van der Waals surface area contributed by atoms with Gasteiger partial charge in [-0.2, -0.15) is 10.4 Å². The van der Waals surface area contributed by atoms with Gasteiger partial charge in [0, 0.05) is 12.6 Å². The molecule has 19 heavy (non-hydrogen) atoms. The van der Waals surface area contributed by atoms with E-state index in [0.29, 0.717) is 36.7 Å². The van der Waals surface area contributed by atoms with Crippen LogP contribution in [0.3, 0.4) is 0 Å². The van der Waals surface area contributed by atoms with Crippen LogP contribution in [0.4, 0.5) is 5.82 Å². The normalized spacial score (nSPS) is 22.7. The molecule has 0 radical (unpaired) electrons. The molecule has 2 rings (SSSR count). The number of nitrogens with zero attached hydrogens (tertiary/aromatic N) is 3. The number of rotatable bonds is 5. The molecule has 1 heterocycles. The third-order valence-electron chi connectivity index (χ3n) is 3.31. The number of ether oxygens (including phenoxy) is 1. The van der Waals surface area contributed by atoms with Crippen molar-refractivity contribution in [2.75, 3.05) is 18.5 Å². The first-order valence-corrected chi connectivity index (χ1v) is 6.62. The van der Waals surface area contributed by atoms with Crippen LogP contribution < -0.4 is 11.1 Å². The number of hydrogen-bond donors (Lipinski definition) is 2. The van der Waals surface area contributed by atoms with Crippen LogP contribution >= 0.6 is 0 Å². The van der Waals surface area contributed by atoms with Crippen LogP contribution in [0.1, 0.15) is 31.2 Å². The van der Waals surface area contributed by atoms with E-state index >= 15 is 0 Å². The van der Waals surface area contributed by atoms with Gasteiger partial charge in [0.2, 0.25) is 0 Å². The molecule has 0 aromatic carbocycles. The van der Waals surface area contributed by atoms with Crippen LogP contribution in [-0.4, -0.2) is 35.5 Å². The predicted octanol–water partition coefficient (Wildman–Crippen LogP) is 1.05. The summed E-state index contributed by atoms with van der Waals surface area (Å²) in [6.45, 7) is 1.22. The molecule has 1 saturated carbocycles. The van der Waals surface area contributed by atoms with Gasteiger partial charge in [0.1, 0.15) is 6.07 Å². The Kier molecular flexibility index (Phi) is 5.07. The lowest BCUT2D eigenvalue weighted by Gasteiger charge is -2.26. The Morgan fingerprint density at radius 1 is 1.42 bits per heavy atom. The molecule has 1 fully saturated rings. The molecule has 0 amide bonds. The summed E-state index contributed by atoms with van der Waals surface area (Å²) in [4.78, 5) is 0. The minimum absolute atomic E-state index is 0.318. The number of nitrogens with one attached hydrogen (secondary N) is 1. The zero-order valence-electron chi connectivity index (χ0n) is 10.9. The lowest BCUT2D eigenvalue weighted by atomic mass is 9.94. The quantitative estimate of drug-likeness (QED) is 0.769. The van der Waals surface area contributed by atoms with E-state index in [1.54, 1.807) is 6.07 Å². The highest BCUT2D eigenvalue weighted by Gasteiger charge is 2.18. The van der Waals surface area contributed by atoms with E-state index < -0.39 is 0 Å². The molecule has 1 aromatic heterocycles. The average molecular weight is 261 g/mol. The molecule has 6 nitrogen and oxygen atoms in total. The van der Waals surface area contributed by atoms with Crippen molar-refractivity contribution in [2.24, 2.45) is 5.73 Å². The second kappa shape index (κ2) is 7.02. The highest BCUT2D eigenvalue weighted by Crippen LogP contribution is 2.19. The molecular formula is C13H19N5O. The molecule has 1 aliphatic carbocycles. The maximum atomic E-state index is 8.90. The molecule has 1 aliphatic rings. The minimum Gasteiger partial charge on any atom is -0.376 e. The number of anilines is 1. The van der Waals surface area contributed by atoms with Crippen molar-refractivity contribution < 1.29 is 4.74 Å². The van der Waals surface area contributed by atoms with Crippen molar-refractivity contribution in [3.8, 4) is 6.07 Å². The maximum absolute atomic E-state index is 8.90. The van der Waals surface area contributed by atoms with E-state index in [9.17, 15) is 0 Å². The Bertz CT molecular complexity index is 437. The Morgan fingerprint density at radius 3 is 2.95 bits per heavy atom. The van der Waals surface area contributed by atoms with Gasteiger partial charge in [-0.15, -0.1) is 5.10 Å². The van der Waals surface area contributed by atoms with Gasteiger partial charge in [-0.25, -0.2) is 0 Å². The summed E-state index contributed by atoms with van der Waals surface area (Å²) in [6.07, 6.45) is 5.98. The summed E-state index contributed by atoms with van der Waals surface area (Å²) in [5.74, 6) is 0.513. The Hall–Kier alpha value is -1.71. The molecule has 0 spiro atoms. The topological polar surface area (TPSA) is 96.8 Å². The van der Waals surface area contributed by atoms with Gasteiger partial charge >= 0.3 is 0 Å². The van der Waals surface area contributed by atoms with Gasteiger partial charge in [-0.05, 0) is 31.7 Å². The summed E-state index contributed by atoms with van der Waals surface area (Å²) < 4.78 is 5.78. The number of nitrogens with two attached hydrogens (primary N) is 1. The highest BCUT2D eigenvalue weighted by atomic mass is 16.5. The third kappa shape index (κ3) is 4.16. The fourth-order valence-electron chi connectivity index (χ4n) is 2.20. The average Bonchev–Trinajstić information content (AvgIpc) is 2.46. The second-order valence-corrected chi connectivity index (χ2v) is 4.74. The Balaban J connectivity index is 1.68. The first-order valence-electron chi connectivity index (χ1n) is 6.62. The van der Waals surface area contributed by atoms with Gasteiger partial charge in [-0.1, -0.05) is 0 Å².